The lowest BCUT2D eigenvalue weighted by Gasteiger charge is -2.33. The summed E-state index contributed by atoms with van der Waals surface area (Å²) in [5.74, 6) is 0.798. The first-order chi connectivity index (χ1) is 14.8. The number of amides is 1. The lowest BCUT2D eigenvalue weighted by Crippen LogP contribution is -2.40. The van der Waals surface area contributed by atoms with Crippen molar-refractivity contribution in [2.45, 2.75) is 51.4 Å². The molecule has 4 rings (SSSR count). The largest absolute Gasteiger partial charge is 0.494 e. The van der Waals surface area contributed by atoms with Gasteiger partial charge in [0.1, 0.15) is 17.3 Å². The van der Waals surface area contributed by atoms with Crippen LogP contribution in [0.15, 0.2) is 24.3 Å². The molecule has 2 heterocycles. The molecular formula is C21H25F3N4O3. The van der Waals surface area contributed by atoms with E-state index in [0.29, 0.717) is 30.4 Å². The van der Waals surface area contributed by atoms with Crippen molar-refractivity contribution >= 4 is 17.4 Å². The fraction of sp³-hybridized carbons (Fsp3) is 0.524. The van der Waals surface area contributed by atoms with Gasteiger partial charge in [-0.05, 0) is 51.2 Å². The van der Waals surface area contributed by atoms with E-state index in [1.165, 1.54) is 6.07 Å². The van der Waals surface area contributed by atoms with Gasteiger partial charge >= 0.3 is 6.18 Å². The van der Waals surface area contributed by atoms with Gasteiger partial charge < -0.3 is 20.1 Å². The lowest BCUT2D eigenvalue weighted by atomic mass is 10.0. The second-order valence-corrected chi connectivity index (χ2v) is 7.72. The van der Waals surface area contributed by atoms with Crippen molar-refractivity contribution in [2.24, 2.45) is 5.92 Å². The standard InChI is InChI=1S/C21H25F3N4O3/c1-3-30-13-7-8-17(31-4-2)15(9-13)26-20(29)16-11-19-25-14(12-5-6-12)10-18(21(22,23)24)28(19)27-16/h7-9,11-12,14,18,25H,3-6,10H2,1-2H3,(H,26,29). The molecule has 1 amide bonds. The Labute approximate surface area is 177 Å². The summed E-state index contributed by atoms with van der Waals surface area (Å²) in [6.07, 6.45) is -2.70. The van der Waals surface area contributed by atoms with E-state index in [2.05, 4.69) is 15.7 Å². The number of carbonyl (C=O) groups excluding carboxylic acids is 1. The summed E-state index contributed by atoms with van der Waals surface area (Å²) in [5.41, 5.74) is 0.261. The first kappa shape index (κ1) is 21.3. The van der Waals surface area contributed by atoms with Gasteiger partial charge in [-0.15, -0.1) is 0 Å². The van der Waals surface area contributed by atoms with Crippen molar-refractivity contribution in [1.82, 2.24) is 9.78 Å². The van der Waals surface area contributed by atoms with Gasteiger partial charge in [0.05, 0.1) is 18.9 Å². The summed E-state index contributed by atoms with van der Waals surface area (Å²) in [6, 6.07) is 4.35. The first-order valence-corrected chi connectivity index (χ1v) is 10.4. The Morgan fingerprint density at radius 3 is 2.61 bits per heavy atom. The number of anilines is 2. The zero-order valence-electron chi connectivity index (χ0n) is 17.3. The highest BCUT2D eigenvalue weighted by atomic mass is 19.4. The molecule has 7 nitrogen and oxygen atoms in total. The van der Waals surface area contributed by atoms with Gasteiger partial charge in [-0.1, -0.05) is 0 Å². The molecule has 0 saturated heterocycles. The van der Waals surface area contributed by atoms with Crippen LogP contribution in [0.1, 0.15) is 49.6 Å². The second kappa shape index (κ2) is 8.32. The Morgan fingerprint density at radius 1 is 1.23 bits per heavy atom. The molecule has 1 saturated carbocycles. The maximum absolute atomic E-state index is 13.7. The van der Waals surface area contributed by atoms with Crippen molar-refractivity contribution in [3.8, 4) is 11.5 Å². The molecule has 168 valence electrons. The maximum atomic E-state index is 13.7. The number of ether oxygens (including phenoxy) is 2. The Balaban J connectivity index is 1.60. The Kier molecular flexibility index (Phi) is 5.72. The van der Waals surface area contributed by atoms with Crippen molar-refractivity contribution < 1.29 is 27.4 Å². The van der Waals surface area contributed by atoms with Crippen molar-refractivity contribution in [3.63, 3.8) is 0 Å². The van der Waals surface area contributed by atoms with E-state index in [1.54, 1.807) is 18.2 Å². The number of carbonyl (C=O) groups is 1. The van der Waals surface area contributed by atoms with Crippen molar-refractivity contribution in [3.05, 3.63) is 30.0 Å². The smallest absolute Gasteiger partial charge is 0.410 e. The summed E-state index contributed by atoms with van der Waals surface area (Å²) >= 11 is 0. The molecule has 1 aliphatic carbocycles. The van der Waals surface area contributed by atoms with Gasteiger partial charge in [0.2, 0.25) is 0 Å². The molecule has 2 N–H and O–H groups in total. The molecule has 0 radical (unpaired) electrons. The zero-order chi connectivity index (χ0) is 22.2. The van der Waals surface area contributed by atoms with Crippen molar-refractivity contribution in [2.75, 3.05) is 23.8 Å². The molecule has 1 aromatic carbocycles. The minimum atomic E-state index is -4.45. The molecule has 0 spiro atoms. The predicted molar refractivity (Wildman–Crippen MR) is 109 cm³/mol. The van der Waals surface area contributed by atoms with E-state index in [0.717, 1.165) is 17.5 Å². The molecular weight excluding hydrogens is 413 g/mol. The second-order valence-electron chi connectivity index (χ2n) is 7.72. The summed E-state index contributed by atoms with van der Waals surface area (Å²) < 4.78 is 52.9. The highest BCUT2D eigenvalue weighted by molar-refractivity contribution is 6.04. The van der Waals surface area contributed by atoms with Crippen LogP contribution in [0.3, 0.4) is 0 Å². The fourth-order valence-electron chi connectivity index (χ4n) is 3.85. The number of halogens is 3. The van der Waals surface area contributed by atoms with E-state index in [4.69, 9.17) is 9.47 Å². The third kappa shape index (κ3) is 4.57. The molecule has 31 heavy (non-hydrogen) atoms. The topological polar surface area (TPSA) is 77.4 Å². The van der Waals surface area contributed by atoms with Crippen LogP contribution < -0.4 is 20.1 Å². The van der Waals surface area contributed by atoms with Gasteiger partial charge in [0.15, 0.2) is 11.7 Å². The van der Waals surface area contributed by atoms with E-state index in [-0.39, 0.29) is 29.9 Å². The van der Waals surface area contributed by atoms with Crippen LogP contribution in [0.25, 0.3) is 0 Å². The molecule has 2 unspecified atom stereocenters. The van der Waals surface area contributed by atoms with Crippen LogP contribution in [-0.2, 0) is 0 Å². The lowest BCUT2D eigenvalue weighted by molar-refractivity contribution is -0.174. The van der Waals surface area contributed by atoms with Gasteiger partial charge in [-0.2, -0.15) is 18.3 Å². The SMILES string of the molecule is CCOc1ccc(OCC)c(NC(=O)c2cc3n(n2)C(C(F)(F)F)CC(C2CC2)N3)c1. The molecule has 1 aromatic heterocycles. The molecule has 2 aliphatic rings. The molecule has 2 atom stereocenters. The van der Waals surface area contributed by atoms with E-state index >= 15 is 0 Å². The summed E-state index contributed by atoms with van der Waals surface area (Å²) in [6.45, 7) is 4.48. The quantitative estimate of drug-likeness (QED) is 0.659. The van der Waals surface area contributed by atoms with Gasteiger partial charge in [0.25, 0.3) is 5.91 Å². The number of nitrogens with one attached hydrogen (secondary N) is 2. The highest BCUT2D eigenvalue weighted by Crippen LogP contribution is 2.45. The molecule has 1 aliphatic heterocycles. The zero-order valence-corrected chi connectivity index (χ0v) is 17.3. The molecule has 10 heteroatoms. The van der Waals surface area contributed by atoms with E-state index in [1.807, 2.05) is 13.8 Å². The van der Waals surface area contributed by atoms with Crippen LogP contribution in [-0.4, -0.2) is 41.1 Å². The fourth-order valence-corrected chi connectivity index (χ4v) is 3.85. The minimum Gasteiger partial charge on any atom is -0.494 e. The number of rotatable bonds is 7. The number of aromatic nitrogens is 2. The highest BCUT2D eigenvalue weighted by Gasteiger charge is 2.49. The number of hydrogen-bond acceptors (Lipinski definition) is 5. The summed E-state index contributed by atoms with van der Waals surface area (Å²) in [7, 11) is 0. The van der Waals surface area contributed by atoms with Crippen LogP contribution in [0, 0.1) is 5.92 Å². The van der Waals surface area contributed by atoms with Gasteiger partial charge in [-0.3, -0.25) is 4.79 Å². The van der Waals surface area contributed by atoms with Crippen LogP contribution in [0.4, 0.5) is 24.7 Å². The molecule has 0 bridgehead atoms. The molecule has 1 fully saturated rings. The number of nitrogens with zero attached hydrogens (tertiary/aromatic N) is 2. The van der Waals surface area contributed by atoms with Crippen LogP contribution >= 0.6 is 0 Å². The normalized spacial score (nSPS) is 20.5. The van der Waals surface area contributed by atoms with Gasteiger partial charge in [-0.25, -0.2) is 4.68 Å². The number of hydrogen-bond donors (Lipinski definition) is 2. The van der Waals surface area contributed by atoms with Crippen LogP contribution in [0.5, 0.6) is 11.5 Å². The number of benzene rings is 1. The Hall–Kier alpha value is -2.91. The third-order valence-corrected chi connectivity index (χ3v) is 5.45. The summed E-state index contributed by atoms with van der Waals surface area (Å²) in [5, 5.41) is 9.82. The minimum absolute atomic E-state index is 0.0885. The molecule has 2 aromatic rings. The van der Waals surface area contributed by atoms with E-state index in [9.17, 15) is 18.0 Å². The third-order valence-electron chi connectivity index (χ3n) is 5.45. The summed E-state index contributed by atoms with van der Waals surface area (Å²) in [4.78, 5) is 12.8. The predicted octanol–water partition coefficient (Wildman–Crippen LogP) is 4.63. The van der Waals surface area contributed by atoms with Gasteiger partial charge in [0, 0.05) is 18.2 Å². The Bertz CT molecular complexity index is 956. The number of fused-ring (bicyclic) bond motifs is 1. The monoisotopic (exact) mass is 438 g/mol. The average molecular weight is 438 g/mol. The van der Waals surface area contributed by atoms with E-state index < -0.39 is 18.1 Å². The van der Waals surface area contributed by atoms with Crippen LogP contribution in [0.2, 0.25) is 0 Å². The first-order valence-electron chi connectivity index (χ1n) is 10.4. The Morgan fingerprint density at radius 2 is 1.97 bits per heavy atom. The number of alkyl halides is 3. The maximum Gasteiger partial charge on any atom is 0.410 e. The average Bonchev–Trinajstić information content (AvgIpc) is 3.47. The van der Waals surface area contributed by atoms with Crippen molar-refractivity contribution in [1.29, 1.82) is 0 Å².